The molecule has 9 nitrogen and oxygen atoms in total. The highest BCUT2D eigenvalue weighted by Gasteiger charge is 2.61. The third kappa shape index (κ3) is 4.48. The Bertz CT molecular complexity index is 1050. The monoisotopic (exact) mass is 515 g/mol. The standard InChI is InChI=1S/C28H41N3O6/c1-15-12-28(35)13-20-21(29(4)5)10-16(2)36-27(20)37-24(28)22-23(32)17(3)25(33)31(22)19-9-7-8-18(11-19)26(34)30(6)14-15/h7-9,11,15-17,20-24,27,32,35H,10,12-14H2,1-6H3/t15-,16-,17-,20-,21+,22+,23-,24-,27+,28+/m1/s1. The first kappa shape index (κ1) is 26.6. The largest absolute Gasteiger partial charge is 0.390 e. The van der Waals surface area contributed by atoms with Gasteiger partial charge in [-0.05, 0) is 64.4 Å². The third-order valence-electron chi connectivity index (χ3n) is 8.95. The Morgan fingerprint density at radius 3 is 2.54 bits per heavy atom. The van der Waals surface area contributed by atoms with E-state index in [0.717, 1.165) is 6.42 Å². The van der Waals surface area contributed by atoms with Crippen molar-refractivity contribution in [2.75, 3.05) is 32.6 Å². The number of fused-ring (bicyclic) bond motifs is 7. The first-order valence-corrected chi connectivity index (χ1v) is 13.5. The molecular weight excluding hydrogens is 474 g/mol. The second-order valence-corrected chi connectivity index (χ2v) is 12.1. The molecule has 10 atom stereocenters. The highest BCUT2D eigenvalue weighted by Crippen LogP contribution is 2.48. The highest BCUT2D eigenvalue weighted by molar-refractivity contribution is 6.01. The molecule has 4 aliphatic heterocycles. The number of hydrogen-bond donors (Lipinski definition) is 2. The van der Waals surface area contributed by atoms with Crippen LogP contribution in [-0.2, 0) is 14.3 Å². The Morgan fingerprint density at radius 2 is 1.84 bits per heavy atom. The number of aliphatic hydroxyl groups excluding tert-OH is 1. The summed E-state index contributed by atoms with van der Waals surface area (Å²) in [5.41, 5.74) is -0.344. The molecule has 0 radical (unpaired) electrons. The number of carbonyl (C=O) groups is 2. The van der Waals surface area contributed by atoms with E-state index in [-0.39, 0.29) is 35.8 Å². The van der Waals surface area contributed by atoms with Crippen LogP contribution in [0.2, 0.25) is 0 Å². The fourth-order valence-corrected chi connectivity index (χ4v) is 7.24. The normalized spacial score (nSPS) is 42.6. The summed E-state index contributed by atoms with van der Waals surface area (Å²) in [6.45, 7) is 6.21. The van der Waals surface area contributed by atoms with Crippen LogP contribution in [0.1, 0.15) is 50.4 Å². The van der Waals surface area contributed by atoms with Crippen molar-refractivity contribution in [3.05, 3.63) is 29.8 Å². The zero-order valence-electron chi connectivity index (χ0n) is 22.7. The van der Waals surface area contributed by atoms with Gasteiger partial charge in [-0.2, -0.15) is 0 Å². The lowest BCUT2D eigenvalue weighted by Gasteiger charge is -2.55. The van der Waals surface area contributed by atoms with E-state index in [1.807, 2.05) is 27.9 Å². The van der Waals surface area contributed by atoms with Crippen molar-refractivity contribution in [3.8, 4) is 0 Å². The van der Waals surface area contributed by atoms with E-state index in [1.54, 1.807) is 48.0 Å². The molecular formula is C28H41N3O6. The van der Waals surface area contributed by atoms with Crippen LogP contribution in [0.15, 0.2) is 24.3 Å². The first-order valence-electron chi connectivity index (χ1n) is 13.5. The molecule has 0 saturated carbocycles. The number of nitrogens with zero attached hydrogens (tertiary/aromatic N) is 3. The van der Waals surface area contributed by atoms with Crippen LogP contribution in [0.3, 0.4) is 0 Å². The van der Waals surface area contributed by atoms with Crippen molar-refractivity contribution in [2.24, 2.45) is 17.8 Å². The minimum Gasteiger partial charge on any atom is -0.390 e. The fourth-order valence-electron chi connectivity index (χ4n) is 7.24. The van der Waals surface area contributed by atoms with Crippen LogP contribution in [0.25, 0.3) is 0 Å². The summed E-state index contributed by atoms with van der Waals surface area (Å²) < 4.78 is 12.9. The minimum absolute atomic E-state index is 0.0217. The van der Waals surface area contributed by atoms with Crippen molar-refractivity contribution in [2.45, 2.75) is 82.3 Å². The molecule has 1 aromatic carbocycles. The van der Waals surface area contributed by atoms with Crippen LogP contribution in [0.4, 0.5) is 5.69 Å². The zero-order chi connectivity index (χ0) is 26.8. The van der Waals surface area contributed by atoms with E-state index in [4.69, 9.17) is 9.47 Å². The molecule has 9 heteroatoms. The average molecular weight is 516 g/mol. The number of rotatable bonds is 1. The van der Waals surface area contributed by atoms with Gasteiger partial charge in [0.05, 0.1) is 29.8 Å². The minimum atomic E-state index is -1.34. The van der Waals surface area contributed by atoms with Crippen LogP contribution in [0, 0.1) is 17.8 Å². The van der Waals surface area contributed by atoms with Gasteiger partial charge >= 0.3 is 0 Å². The summed E-state index contributed by atoms with van der Waals surface area (Å²) in [4.78, 5) is 32.2. The lowest BCUT2D eigenvalue weighted by Crippen LogP contribution is -2.67. The first-order chi connectivity index (χ1) is 17.4. The summed E-state index contributed by atoms with van der Waals surface area (Å²) >= 11 is 0. The van der Waals surface area contributed by atoms with E-state index in [0.29, 0.717) is 30.6 Å². The van der Waals surface area contributed by atoms with E-state index in [1.165, 1.54) is 0 Å². The Hall–Kier alpha value is -2.04. The molecule has 0 unspecified atom stereocenters. The van der Waals surface area contributed by atoms with Crippen LogP contribution >= 0.6 is 0 Å². The van der Waals surface area contributed by atoms with Gasteiger partial charge in [-0.1, -0.05) is 19.9 Å². The van der Waals surface area contributed by atoms with Gasteiger partial charge < -0.3 is 34.4 Å². The van der Waals surface area contributed by atoms with Crippen molar-refractivity contribution in [1.82, 2.24) is 9.80 Å². The van der Waals surface area contributed by atoms with Gasteiger partial charge in [-0.3, -0.25) is 9.59 Å². The molecule has 3 saturated heterocycles. The molecule has 3 fully saturated rings. The molecule has 1 aromatic rings. The van der Waals surface area contributed by atoms with Gasteiger partial charge in [0.1, 0.15) is 6.10 Å². The maximum Gasteiger partial charge on any atom is 0.253 e. The molecule has 4 aliphatic rings. The number of hydrogen-bond acceptors (Lipinski definition) is 7. The fraction of sp³-hybridized carbons (Fsp3) is 0.714. The summed E-state index contributed by atoms with van der Waals surface area (Å²) in [6, 6.07) is 6.30. The molecule has 4 heterocycles. The highest BCUT2D eigenvalue weighted by atomic mass is 16.7. The van der Waals surface area contributed by atoms with Crippen LogP contribution in [0.5, 0.6) is 0 Å². The van der Waals surface area contributed by atoms with Gasteiger partial charge in [-0.15, -0.1) is 0 Å². The number of benzene rings is 1. The maximum absolute atomic E-state index is 13.5. The Kier molecular flexibility index (Phi) is 6.90. The van der Waals surface area contributed by atoms with Crippen molar-refractivity contribution in [3.63, 3.8) is 0 Å². The number of ether oxygens (including phenoxy) is 2. The third-order valence-corrected chi connectivity index (χ3v) is 8.95. The summed E-state index contributed by atoms with van der Waals surface area (Å²) in [7, 11) is 5.84. The van der Waals surface area contributed by atoms with Gasteiger partial charge in [0.2, 0.25) is 5.91 Å². The molecule has 2 amide bonds. The molecule has 2 bridgehead atoms. The van der Waals surface area contributed by atoms with Gasteiger partial charge in [0, 0.05) is 36.8 Å². The summed E-state index contributed by atoms with van der Waals surface area (Å²) in [5.74, 6) is -1.20. The van der Waals surface area contributed by atoms with Crippen molar-refractivity contribution in [1.29, 1.82) is 0 Å². The molecule has 0 aliphatic carbocycles. The zero-order valence-corrected chi connectivity index (χ0v) is 22.7. The van der Waals surface area contributed by atoms with Crippen LogP contribution in [-0.4, -0.2) is 102 Å². The van der Waals surface area contributed by atoms with Crippen LogP contribution < -0.4 is 4.90 Å². The Morgan fingerprint density at radius 1 is 1.11 bits per heavy atom. The molecule has 204 valence electrons. The molecule has 0 spiro atoms. The number of carbonyl (C=O) groups excluding carboxylic acids is 2. The second-order valence-electron chi connectivity index (χ2n) is 12.1. The number of aliphatic hydroxyl groups is 2. The van der Waals surface area contributed by atoms with Gasteiger partial charge in [0.25, 0.3) is 5.91 Å². The number of anilines is 1. The van der Waals surface area contributed by atoms with E-state index >= 15 is 0 Å². The smallest absolute Gasteiger partial charge is 0.253 e. The van der Waals surface area contributed by atoms with E-state index in [2.05, 4.69) is 4.90 Å². The Balaban J connectivity index is 1.64. The van der Waals surface area contributed by atoms with E-state index < -0.39 is 36.1 Å². The summed E-state index contributed by atoms with van der Waals surface area (Å²) in [6.07, 6.45) is -0.886. The second kappa shape index (κ2) is 9.61. The van der Waals surface area contributed by atoms with Crippen molar-refractivity contribution < 1.29 is 29.3 Å². The Labute approximate surface area is 219 Å². The lowest BCUT2D eigenvalue weighted by molar-refractivity contribution is -0.321. The maximum atomic E-state index is 13.5. The van der Waals surface area contributed by atoms with Gasteiger partial charge in [-0.25, -0.2) is 0 Å². The molecule has 2 N–H and O–H groups in total. The number of amides is 2. The van der Waals surface area contributed by atoms with Gasteiger partial charge in [0.15, 0.2) is 6.29 Å². The predicted octanol–water partition coefficient (Wildman–Crippen LogP) is 1.71. The summed E-state index contributed by atoms with van der Waals surface area (Å²) in [5, 5.41) is 23.9. The average Bonchev–Trinajstić information content (AvgIpc) is 3.05. The van der Waals surface area contributed by atoms with E-state index in [9.17, 15) is 19.8 Å². The topological polar surface area (TPSA) is 103 Å². The molecule has 0 aromatic heterocycles. The predicted molar refractivity (Wildman–Crippen MR) is 138 cm³/mol. The van der Waals surface area contributed by atoms with Crippen molar-refractivity contribution >= 4 is 17.5 Å². The molecule has 37 heavy (non-hydrogen) atoms. The lowest BCUT2D eigenvalue weighted by atomic mass is 9.70. The quantitative estimate of drug-likeness (QED) is 0.587. The SMILES string of the molecule is C[C@H]1CN(C)C(=O)c2cccc(c2)N2C(=O)[C@H](C)[C@@H](O)[C@H]2[C@H]2O[C@@H]3O[C@H](C)C[C@H](N(C)C)[C@H]3C[C@@]2(O)C1. The molecule has 5 rings (SSSR count).